The van der Waals surface area contributed by atoms with Crippen molar-refractivity contribution in [2.45, 2.75) is 24.3 Å². The van der Waals surface area contributed by atoms with Crippen molar-refractivity contribution in [1.29, 1.82) is 0 Å². The Labute approximate surface area is 97.2 Å². The SMILES string of the molecule is NC(C(=O)O)C1(c2ccccc2[N+](=O)[O-])CC1. The Hall–Kier alpha value is -1.95. The van der Waals surface area contributed by atoms with Gasteiger partial charge < -0.3 is 10.8 Å². The van der Waals surface area contributed by atoms with E-state index >= 15 is 0 Å². The number of carboxylic acids is 1. The minimum absolute atomic E-state index is 0.0540. The Kier molecular flexibility index (Phi) is 2.59. The minimum Gasteiger partial charge on any atom is -0.480 e. The summed E-state index contributed by atoms with van der Waals surface area (Å²) >= 11 is 0. The highest BCUT2D eigenvalue weighted by Crippen LogP contribution is 2.53. The van der Waals surface area contributed by atoms with Gasteiger partial charge in [0.2, 0.25) is 0 Å². The number of nitro groups is 1. The fraction of sp³-hybridized carbons (Fsp3) is 0.364. The molecule has 1 aromatic carbocycles. The van der Waals surface area contributed by atoms with Gasteiger partial charge in [-0.3, -0.25) is 14.9 Å². The van der Waals surface area contributed by atoms with E-state index in [9.17, 15) is 14.9 Å². The first-order chi connectivity index (χ1) is 7.99. The molecule has 0 radical (unpaired) electrons. The number of rotatable bonds is 4. The molecular weight excluding hydrogens is 224 g/mol. The topological polar surface area (TPSA) is 106 Å². The lowest BCUT2D eigenvalue weighted by Crippen LogP contribution is -2.42. The number of nitrogens with zero attached hydrogens (tertiary/aromatic N) is 1. The van der Waals surface area contributed by atoms with Gasteiger partial charge in [-0.2, -0.15) is 0 Å². The van der Waals surface area contributed by atoms with Crippen molar-refractivity contribution in [2.24, 2.45) is 5.73 Å². The van der Waals surface area contributed by atoms with Gasteiger partial charge in [0.25, 0.3) is 5.69 Å². The van der Waals surface area contributed by atoms with E-state index < -0.39 is 22.3 Å². The molecule has 0 aromatic heterocycles. The van der Waals surface area contributed by atoms with Crippen LogP contribution in [0.4, 0.5) is 5.69 Å². The number of hydrogen-bond donors (Lipinski definition) is 2. The van der Waals surface area contributed by atoms with Crippen molar-refractivity contribution in [1.82, 2.24) is 0 Å². The molecule has 1 unspecified atom stereocenters. The van der Waals surface area contributed by atoms with E-state index in [2.05, 4.69) is 0 Å². The summed E-state index contributed by atoms with van der Waals surface area (Å²) in [5.41, 5.74) is 5.24. The first-order valence-electron chi connectivity index (χ1n) is 5.21. The van der Waals surface area contributed by atoms with E-state index in [4.69, 9.17) is 10.8 Å². The number of benzene rings is 1. The van der Waals surface area contributed by atoms with Crippen LogP contribution < -0.4 is 5.73 Å². The van der Waals surface area contributed by atoms with Crippen LogP contribution >= 0.6 is 0 Å². The summed E-state index contributed by atoms with van der Waals surface area (Å²) in [5, 5.41) is 19.9. The van der Waals surface area contributed by atoms with Gasteiger partial charge in [0.1, 0.15) is 6.04 Å². The summed E-state index contributed by atoms with van der Waals surface area (Å²) in [6.45, 7) is 0. The zero-order valence-electron chi connectivity index (χ0n) is 9.00. The van der Waals surface area contributed by atoms with E-state index in [0.29, 0.717) is 18.4 Å². The summed E-state index contributed by atoms with van der Waals surface area (Å²) < 4.78 is 0. The second-order valence-electron chi connectivity index (χ2n) is 4.25. The first-order valence-corrected chi connectivity index (χ1v) is 5.21. The Morgan fingerprint density at radius 1 is 1.47 bits per heavy atom. The zero-order valence-corrected chi connectivity index (χ0v) is 9.00. The summed E-state index contributed by atoms with van der Waals surface area (Å²) in [6, 6.07) is 5.10. The maximum absolute atomic E-state index is 10.9. The molecular formula is C11H12N2O4. The van der Waals surface area contributed by atoms with Gasteiger partial charge >= 0.3 is 5.97 Å². The van der Waals surface area contributed by atoms with Crippen LogP contribution in [0.5, 0.6) is 0 Å². The van der Waals surface area contributed by atoms with Crippen LogP contribution in [-0.4, -0.2) is 22.0 Å². The van der Waals surface area contributed by atoms with Crippen molar-refractivity contribution in [3.63, 3.8) is 0 Å². The molecule has 3 N–H and O–H groups in total. The highest BCUT2D eigenvalue weighted by molar-refractivity contribution is 5.77. The van der Waals surface area contributed by atoms with Crippen molar-refractivity contribution in [3.05, 3.63) is 39.9 Å². The predicted molar refractivity (Wildman–Crippen MR) is 59.6 cm³/mol. The molecule has 1 atom stereocenters. The van der Waals surface area contributed by atoms with E-state index in [1.54, 1.807) is 18.2 Å². The molecule has 17 heavy (non-hydrogen) atoms. The van der Waals surface area contributed by atoms with E-state index in [1.165, 1.54) is 6.07 Å². The monoisotopic (exact) mass is 236 g/mol. The number of nitro benzene ring substituents is 1. The molecule has 6 nitrogen and oxygen atoms in total. The highest BCUT2D eigenvalue weighted by Gasteiger charge is 2.55. The molecule has 1 aliphatic rings. The largest absolute Gasteiger partial charge is 0.480 e. The van der Waals surface area contributed by atoms with Crippen LogP contribution in [-0.2, 0) is 10.2 Å². The average molecular weight is 236 g/mol. The molecule has 1 saturated carbocycles. The number of hydrogen-bond acceptors (Lipinski definition) is 4. The van der Waals surface area contributed by atoms with Crippen LogP contribution in [0.15, 0.2) is 24.3 Å². The summed E-state index contributed by atoms with van der Waals surface area (Å²) in [4.78, 5) is 21.4. The van der Waals surface area contributed by atoms with Crippen molar-refractivity contribution in [3.8, 4) is 0 Å². The second kappa shape index (κ2) is 3.81. The molecule has 6 heteroatoms. The maximum Gasteiger partial charge on any atom is 0.321 e. The summed E-state index contributed by atoms with van der Waals surface area (Å²) in [7, 11) is 0. The number of aliphatic carboxylic acids is 1. The van der Waals surface area contributed by atoms with Crippen LogP contribution in [0.2, 0.25) is 0 Å². The van der Waals surface area contributed by atoms with Crippen molar-refractivity contribution < 1.29 is 14.8 Å². The lowest BCUT2D eigenvalue weighted by atomic mass is 9.87. The third-order valence-corrected chi connectivity index (χ3v) is 3.29. The first kappa shape index (κ1) is 11.5. The predicted octanol–water partition coefficient (Wildman–Crippen LogP) is 1.04. The van der Waals surface area contributed by atoms with E-state index in [-0.39, 0.29) is 5.69 Å². The standard InChI is InChI=1S/C11H12N2O4/c12-9(10(14)15)11(5-6-11)7-3-1-2-4-8(7)13(16)17/h1-4,9H,5-6,12H2,(H,14,15). The smallest absolute Gasteiger partial charge is 0.321 e. The third kappa shape index (κ3) is 1.76. The van der Waals surface area contributed by atoms with Crippen LogP contribution in [0.25, 0.3) is 0 Å². The van der Waals surface area contributed by atoms with Crippen molar-refractivity contribution >= 4 is 11.7 Å². The molecule has 90 valence electrons. The number of para-hydroxylation sites is 1. The average Bonchev–Trinajstić information content (AvgIpc) is 3.09. The van der Waals surface area contributed by atoms with Crippen LogP contribution in [0, 0.1) is 10.1 Å². The molecule has 1 aliphatic carbocycles. The quantitative estimate of drug-likeness (QED) is 0.600. The van der Waals surface area contributed by atoms with Gasteiger partial charge in [-0.05, 0) is 12.8 Å². The second-order valence-corrected chi connectivity index (χ2v) is 4.25. The van der Waals surface area contributed by atoms with Gasteiger partial charge in [0, 0.05) is 17.0 Å². The van der Waals surface area contributed by atoms with Gasteiger partial charge in [0.15, 0.2) is 0 Å². The lowest BCUT2D eigenvalue weighted by molar-refractivity contribution is -0.385. The fourth-order valence-corrected chi connectivity index (χ4v) is 2.17. The number of carboxylic acid groups (broad SMARTS) is 1. The highest BCUT2D eigenvalue weighted by atomic mass is 16.6. The molecule has 2 rings (SSSR count). The van der Waals surface area contributed by atoms with Gasteiger partial charge in [-0.15, -0.1) is 0 Å². The maximum atomic E-state index is 10.9. The van der Waals surface area contributed by atoms with Crippen LogP contribution in [0.3, 0.4) is 0 Å². The Bertz CT molecular complexity index is 482. The lowest BCUT2D eigenvalue weighted by Gasteiger charge is -2.19. The Morgan fingerprint density at radius 2 is 2.06 bits per heavy atom. The van der Waals surface area contributed by atoms with Gasteiger partial charge in [-0.1, -0.05) is 18.2 Å². The molecule has 0 spiro atoms. The van der Waals surface area contributed by atoms with E-state index in [0.717, 1.165) is 0 Å². The molecule has 1 fully saturated rings. The molecule has 0 heterocycles. The fourth-order valence-electron chi connectivity index (χ4n) is 2.17. The number of nitrogens with two attached hydrogens (primary N) is 1. The Balaban J connectivity index is 2.47. The van der Waals surface area contributed by atoms with Crippen LogP contribution in [0.1, 0.15) is 18.4 Å². The molecule has 0 bridgehead atoms. The van der Waals surface area contributed by atoms with Gasteiger partial charge in [0.05, 0.1) is 4.92 Å². The van der Waals surface area contributed by atoms with Gasteiger partial charge in [-0.25, -0.2) is 0 Å². The summed E-state index contributed by atoms with van der Waals surface area (Å²) in [5.74, 6) is -1.12. The normalized spacial score (nSPS) is 18.4. The Morgan fingerprint density at radius 3 is 2.53 bits per heavy atom. The molecule has 0 aliphatic heterocycles. The minimum atomic E-state index is -1.12. The third-order valence-electron chi connectivity index (χ3n) is 3.29. The number of carbonyl (C=O) groups is 1. The molecule has 1 aromatic rings. The molecule has 0 saturated heterocycles. The molecule has 0 amide bonds. The van der Waals surface area contributed by atoms with E-state index in [1.807, 2.05) is 0 Å². The zero-order chi connectivity index (χ0) is 12.6. The summed E-state index contributed by atoms with van der Waals surface area (Å²) in [6.07, 6.45) is 1.15. The van der Waals surface area contributed by atoms with Crippen molar-refractivity contribution in [2.75, 3.05) is 0 Å².